The summed E-state index contributed by atoms with van der Waals surface area (Å²) in [4.78, 5) is 0. The maximum atomic E-state index is 12.1. The lowest BCUT2D eigenvalue weighted by atomic mass is 10.4. The number of furan rings is 1. The summed E-state index contributed by atoms with van der Waals surface area (Å²) in [5.74, 6) is 0.748. The number of hydrogen-bond donors (Lipinski definition) is 2. The summed E-state index contributed by atoms with van der Waals surface area (Å²) in [6.45, 7) is 0.533. The van der Waals surface area contributed by atoms with Gasteiger partial charge in [-0.05, 0) is 37.1 Å². The van der Waals surface area contributed by atoms with Crippen LogP contribution < -0.4 is 10.0 Å². The van der Waals surface area contributed by atoms with Gasteiger partial charge in [0.1, 0.15) is 5.76 Å². The Hall–Kier alpha value is -1.93. The number of hydrogen-bond acceptors (Lipinski definition) is 6. The van der Waals surface area contributed by atoms with Gasteiger partial charge < -0.3 is 9.73 Å². The van der Waals surface area contributed by atoms with Crippen LogP contribution >= 0.6 is 0 Å². The van der Waals surface area contributed by atoms with Gasteiger partial charge in [-0.3, -0.25) is 4.72 Å². The van der Waals surface area contributed by atoms with E-state index < -0.39 is 10.0 Å². The zero-order valence-electron chi connectivity index (χ0n) is 10.6. The predicted octanol–water partition coefficient (Wildman–Crippen LogP) is 1.12. The topological polar surface area (TPSA) is 97.1 Å². The predicted molar refractivity (Wildman–Crippen MR) is 71.4 cm³/mol. The first-order valence-electron chi connectivity index (χ1n) is 6.26. The molecule has 2 N–H and O–H groups in total. The summed E-state index contributed by atoms with van der Waals surface area (Å²) < 4.78 is 31.8. The largest absolute Gasteiger partial charge is 0.446 e. The van der Waals surface area contributed by atoms with E-state index in [2.05, 4.69) is 20.2 Å². The number of aromatic nitrogens is 2. The molecule has 106 valence electrons. The monoisotopic (exact) mass is 294 g/mol. The van der Waals surface area contributed by atoms with Crippen LogP contribution in [0.4, 0.5) is 5.82 Å². The summed E-state index contributed by atoms with van der Waals surface area (Å²) in [5, 5.41) is 10.4. The molecule has 0 bridgehead atoms. The maximum Gasteiger partial charge on any atom is 0.296 e. The molecule has 0 aromatic carbocycles. The van der Waals surface area contributed by atoms with Crippen molar-refractivity contribution in [1.29, 1.82) is 0 Å². The SMILES string of the molecule is O=S(=O)(Nc1cccnn1)c1ccc(CNC2CC2)o1. The van der Waals surface area contributed by atoms with Gasteiger partial charge in [-0.15, -0.1) is 5.10 Å². The minimum absolute atomic E-state index is 0.129. The highest BCUT2D eigenvalue weighted by molar-refractivity contribution is 7.92. The molecule has 0 radical (unpaired) electrons. The van der Waals surface area contributed by atoms with E-state index in [-0.39, 0.29) is 10.9 Å². The molecular weight excluding hydrogens is 280 g/mol. The summed E-state index contributed by atoms with van der Waals surface area (Å²) >= 11 is 0. The van der Waals surface area contributed by atoms with Crippen LogP contribution in [-0.4, -0.2) is 24.7 Å². The number of anilines is 1. The molecule has 7 nitrogen and oxygen atoms in total. The lowest BCUT2D eigenvalue weighted by Crippen LogP contribution is -2.15. The first-order chi connectivity index (χ1) is 9.63. The van der Waals surface area contributed by atoms with Crippen molar-refractivity contribution < 1.29 is 12.8 Å². The van der Waals surface area contributed by atoms with Crippen LogP contribution in [-0.2, 0) is 16.6 Å². The Kier molecular flexibility index (Phi) is 3.41. The third-order valence-electron chi connectivity index (χ3n) is 2.86. The van der Waals surface area contributed by atoms with Crippen molar-refractivity contribution in [3.05, 3.63) is 36.2 Å². The van der Waals surface area contributed by atoms with Gasteiger partial charge in [-0.25, -0.2) is 0 Å². The van der Waals surface area contributed by atoms with E-state index in [9.17, 15) is 8.42 Å². The molecule has 1 aliphatic carbocycles. The van der Waals surface area contributed by atoms with Crippen molar-refractivity contribution in [2.45, 2.75) is 30.5 Å². The molecule has 0 saturated heterocycles. The molecule has 0 spiro atoms. The van der Waals surface area contributed by atoms with E-state index in [0.717, 1.165) is 0 Å². The molecule has 1 saturated carbocycles. The molecule has 0 aliphatic heterocycles. The molecule has 2 aromatic rings. The van der Waals surface area contributed by atoms with Crippen LogP contribution in [0.25, 0.3) is 0 Å². The van der Waals surface area contributed by atoms with E-state index in [1.165, 1.54) is 31.2 Å². The van der Waals surface area contributed by atoms with Crippen molar-refractivity contribution in [1.82, 2.24) is 15.5 Å². The number of rotatable bonds is 6. The molecule has 3 rings (SSSR count). The van der Waals surface area contributed by atoms with E-state index in [1.807, 2.05) is 0 Å². The van der Waals surface area contributed by atoms with Gasteiger partial charge in [0.05, 0.1) is 6.54 Å². The smallest absolute Gasteiger partial charge is 0.296 e. The standard InChI is InChI=1S/C12H14N4O3S/c17-20(18,16-11-2-1-7-14-15-11)12-6-5-10(19-12)8-13-9-3-4-9/h1-2,5-7,9,13H,3-4,8H2,(H,15,16). The average Bonchev–Trinajstić information content (AvgIpc) is 3.13. The normalized spacial score (nSPS) is 15.2. The fourth-order valence-electron chi connectivity index (χ4n) is 1.67. The van der Waals surface area contributed by atoms with Crippen LogP contribution in [0.3, 0.4) is 0 Å². The maximum absolute atomic E-state index is 12.1. The number of nitrogens with zero attached hydrogens (tertiary/aromatic N) is 2. The molecule has 0 atom stereocenters. The molecule has 1 aliphatic rings. The molecule has 2 heterocycles. The Morgan fingerprint density at radius 3 is 2.85 bits per heavy atom. The van der Waals surface area contributed by atoms with Crippen LogP contribution in [0.15, 0.2) is 40.0 Å². The van der Waals surface area contributed by atoms with Gasteiger partial charge in [0.15, 0.2) is 5.82 Å². The molecular formula is C12H14N4O3S. The highest BCUT2D eigenvalue weighted by Crippen LogP contribution is 2.21. The van der Waals surface area contributed by atoms with Gasteiger partial charge >= 0.3 is 0 Å². The third kappa shape index (κ3) is 3.14. The van der Waals surface area contributed by atoms with Crippen LogP contribution in [0.1, 0.15) is 18.6 Å². The number of nitrogens with one attached hydrogen (secondary N) is 2. The zero-order valence-corrected chi connectivity index (χ0v) is 11.4. The molecule has 2 aromatic heterocycles. The first kappa shape index (κ1) is 13.1. The summed E-state index contributed by atoms with van der Waals surface area (Å²) in [6.07, 6.45) is 3.80. The number of sulfonamides is 1. The Morgan fingerprint density at radius 1 is 1.30 bits per heavy atom. The minimum atomic E-state index is -3.76. The second-order valence-corrected chi connectivity index (χ2v) is 6.20. The van der Waals surface area contributed by atoms with Gasteiger partial charge in [-0.2, -0.15) is 13.5 Å². The fourth-order valence-corrected chi connectivity index (χ4v) is 2.62. The van der Waals surface area contributed by atoms with Crippen LogP contribution in [0.5, 0.6) is 0 Å². The third-order valence-corrected chi connectivity index (χ3v) is 4.08. The van der Waals surface area contributed by atoms with E-state index in [1.54, 1.807) is 12.1 Å². The van der Waals surface area contributed by atoms with Crippen molar-refractivity contribution in [2.75, 3.05) is 4.72 Å². The Morgan fingerprint density at radius 2 is 2.15 bits per heavy atom. The summed E-state index contributed by atoms with van der Waals surface area (Å²) in [5.41, 5.74) is 0. The molecule has 0 unspecified atom stereocenters. The summed E-state index contributed by atoms with van der Waals surface area (Å²) in [7, 11) is -3.76. The van der Waals surface area contributed by atoms with E-state index >= 15 is 0 Å². The lowest BCUT2D eigenvalue weighted by Gasteiger charge is -2.03. The van der Waals surface area contributed by atoms with Gasteiger partial charge in [0.25, 0.3) is 10.0 Å². The summed E-state index contributed by atoms with van der Waals surface area (Å²) in [6, 6.07) is 6.74. The lowest BCUT2D eigenvalue weighted by molar-refractivity contribution is 0.403. The highest BCUT2D eigenvalue weighted by atomic mass is 32.2. The quantitative estimate of drug-likeness (QED) is 0.828. The van der Waals surface area contributed by atoms with E-state index in [0.29, 0.717) is 18.3 Å². The van der Waals surface area contributed by atoms with Crippen LogP contribution in [0, 0.1) is 0 Å². The molecule has 0 amide bonds. The zero-order chi connectivity index (χ0) is 14.0. The van der Waals surface area contributed by atoms with Gasteiger partial charge in [0.2, 0.25) is 5.09 Å². The van der Waals surface area contributed by atoms with Crippen LogP contribution in [0.2, 0.25) is 0 Å². The first-order valence-corrected chi connectivity index (χ1v) is 7.74. The van der Waals surface area contributed by atoms with Gasteiger partial charge in [0, 0.05) is 12.2 Å². The second kappa shape index (κ2) is 5.22. The van der Waals surface area contributed by atoms with Crippen molar-refractivity contribution in [3.63, 3.8) is 0 Å². The Balaban J connectivity index is 1.70. The Bertz CT molecular complexity index is 680. The molecule has 8 heteroatoms. The average molecular weight is 294 g/mol. The minimum Gasteiger partial charge on any atom is -0.446 e. The second-order valence-electron chi connectivity index (χ2n) is 4.59. The van der Waals surface area contributed by atoms with Crippen molar-refractivity contribution >= 4 is 15.8 Å². The highest BCUT2D eigenvalue weighted by Gasteiger charge is 2.22. The van der Waals surface area contributed by atoms with E-state index in [4.69, 9.17) is 4.42 Å². The fraction of sp³-hybridized carbons (Fsp3) is 0.333. The molecule has 20 heavy (non-hydrogen) atoms. The van der Waals surface area contributed by atoms with Crippen molar-refractivity contribution in [3.8, 4) is 0 Å². The Labute approximate surface area is 116 Å². The van der Waals surface area contributed by atoms with Crippen molar-refractivity contribution in [2.24, 2.45) is 0 Å². The van der Waals surface area contributed by atoms with Gasteiger partial charge in [-0.1, -0.05) is 0 Å². The molecule has 1 fully saturated rings.